The van der Waals surface area contributed by atoms with E-state index >= 15 is 0 Å². The Morgan fingerprint density at radius 1 is 1.47 bits per heavy atom. The third kappa shape index (κ3) is 4.70. The Kier molecular flexibility index (Phi) is 5.37. The lowest BCUT2D eigenvalue weighted by molar-refractivity contribution is 0.392. The van der Waals surface area contributed by atoms with Gasteiger partial charge in [-0.15, -0.1) is 0 Å². The maximum absolute atomic E-state index is 11.6. The third-order valence-corrected chi connectivity index (χ3v) is 3.70. The zero-order valence-electron chi connectivity index (χ0n) is 10.1. The lowest BCUT2D eigenvalue weighted by atomic mass is 10.3. The van der Waals surface area contributed by atoms with Crippen molar-refractivity contribution in [1.29, 1.82) is 0 Å². The second-order valence-corrected chi connectivity index (χ2v) is 5.59. The van der Waals surface area contributed by atoms with Crippen molar-refractivity contribution in [3.05, 3.63) is 23.9 Å². The summed E-state index contributed by atoms with van der Waals surface area (Å²) in [5.74, 6) is 0.609. The quantitative estimate of drug-likeness (QED) is 0.800. The maximum Gasteiger partial charge on any atom is 0.217 e. The molecule has 0 saturated heterocycles. The zero-order valence-corrected chi connectivity index (χ0v) is 11.0. The van der Waals surface area contributed by atoms with Gasteiger partial charge in [-0.2, -0.15) is 0 Å². The number of nitrogens with zero attached hydrogens (tertiary/aromatic N) is 1. The summed E-state index contributed by atoms with van der Waals surface area (Å²) in [5.41, 5.74) is 0.732. The van der Waals surface area contributed by atoms with E-state index in [-0.39, 0.29) is 12.3 Å². The van der Waals surface area contributed by atoms with E-state index in [1.807, 2.05) is 6.92 Å². The molecule has 0 amide bonds. The monoisotopic (exact) mass is 258 g/mol. The van der Waals surface area contributed by atoms with Gasteiger partial charge in [0.05, 0.1) is 12.9 Å². The van der Waals surface area contributed by atoms with E-state index in [9.17, 15) is 8.42 Å². The van der Waals surface area contributed by atoms with Crippen molar-refractivity contribution >= 4 is 10.0 Å². The Hall–Kier alpha value is -1.14. The Morgan fingerprint density at radius 3 is 2.88 bits per heavy atom. The Labute approximate surface area is 102 Å². The predicted octanol–water partition coefficient (Wildman–Crippen LogP) is 1.31. The van der Waals surface area contributed by atoms with Crippen molar-refractivity contribution in [2.24, 2.45) is 0 Å². The largest absolute Gasteiger partial charge is 0.481 e. The topological polar surface area (TPSA) is 68.3 Å². The van der Waals surface area contributed by atoms with Crippen LogP contribution in [0.5, 0.6) is 5.88 Å². The molecule has 0 bridgehead atoms. The molecule has 17 heavy (non-hydrogen) atoms. The van der Waals surface area contributed by atoms with Gasteiger partial charge in [0.1, 0.15) is 0 Å². The lowest BCUT2D eigenvalue weighted by Crippen LogP contribution is -2.26. The van der Waals surface area contributed by atoms with Crippen LogP contribution in [0, 0.1) is 0 Å². The Balaban J connectivity index is 2.61. The number of aromatic nitrogens is 1. The number of pyridine rings is 1. The van der Waals surface area contributed by atoms with Crippen LogP contribution >= 0.6 is 0 Å². The predicted molar refractivity (Wildman–Crippen MR) is 66.3 cm³/mol. The van der Waals surface area contributed by atoms with Crippen LogP contribution in [0.15, 0.2) is 18.3 Å². The van der Waals surface area contributed by atoms with Crippen LogP contribution in [0.25, 0.3) is 0 Å². The molecule has 1 rings (SSSR count). The van der Waals surface area contributed by atoms with E-state index in [0.29, 0.717) is 12.3 Å². The smallest absolute Gasteiger partial charge is 0.217 e. The Bertz CT molecular complexity index is 446. The van der Waals surface area contributed by atoms with Crippen molar-refractivity contribution in [2.75, 3.05) is 12.9 Å². The van der Waals surface area contributed by atoms with Gasteiger partial charge in [0.2, 0.25) is 15.9 Å². The summed E-state index contributed by atoms with van der Waals surface area (Å²) >= 11 is 0. The summed E-state index contributed by atoms with van der Waals surface area (Å²) in [6.07, 6.45) is 3.13. The Morgan fingerprint density at radius 2 is 2.24 bits per heavy atom. The minimum absolute atomic E-state index is 0.159. The first-order valence-corrected chi connectivity index (χ1v) is 7.19. The zero-order chi connectivity index (χ0) is 12.7. The van der Waals surface area contributed by atoms with Crippen molar-refractivity contribution in [3.8, 4) is 5.88 Å². The number of sulfonamides is 1. The summed E-state index contributed by atoms with van der Waals surface area (Å²) < 4.78 is 30.8. The molecule has 1 heterocycles. The standard InChI is InChI=1S/C11H18N2O3S/c1-3-4-8-17(14,15)13-9-10-6-5-7-12-11(10)16-2/h5-7,13H,3-4,8-9H2,1-2H3. The number of hydrogen-bond acceptors (Lipinski definition) is 4. The maximum atomic E-state index is 11.6. The third-order valence-electron chi connectivity index (χ3n) is 2.29. The van der Waals surface area contributed by atoms with Crippen LogP contribution in [0.1, 0.15) is 25.3 Å². The van der Waals surface area contributed by atoms with Crippen molar-refractivity contribution in [2.45, 2.75) is 26.3 Å². The molecule has 0 radical (unpaired) electrons. The van der Waals surface area contributed by atoms with E-state index in [1.165, 1.54) is 7.11 Å². The molecule has 0 atom stereocenters. The molecule has 0 saturated carbocycles. The van der Waals surface area contributed by atoms with Crippen LogP contribution in [0.4, 0.5) is 0 Å². The molecule has 0 aliphatic heterocycles. The molecule has 0 spiro atoms. The van der Waals surface area contributed by atoms with Crippen molar-refractivity contribution in [1.82, 2.24) is 9.71 Å². The number of hydrogen-bond donors (Lipinski definition) is 1. The van der Waals surface area contributed by atoms with Crippen LogP contribution in [-0.2, 0) is 16.6 Å². The van der Waals surface area contributed by atoms with Crippen LogP contribution < -0.4 is 9.46 Å². The van der Waals surface area contributed by atoms with Gasteiger partial charge in [-0.1, -0.05) is 19.4 Å². The fourth-order valence-corrected chi connectivity index (χ4v) is 2.53. The number of unbranched alkanes of at least 4 members (excludes halogenated alkanes) is 1. The number of rotatable bonds is 7. The molecule has 1 N–H and O–H groups in total. The normalized spacial score (nSPS) is 11.4. The molecule has 6 heteroatoms. The van der Waals surface area contributed by atoms with E-state index in [1.54, 1.807) is 18.3 Å². The first-order valence-electron chi connectivity index (χ1n) is 5.54. The van der Waals surface area contributed by atoms with E-state index in [2.05, 4.69) is 9.71 Å². The summed E-state index contributed by atoms with van der Waals surface area (Å²) in [4.78, 5) is 4.00. The minimum Gasteiger partial charge on any atom is -0.481 e. The second-order valence-electron chi connectivity index (χ2n) is 3.67. The molecule has 0 unspecified atom stereocenters. The molecular formula is C11H18N2O3S. The van der Waals surface area contributed by atoms with Gasteiger partial charge in [-0.05, 0) is 12.5 Å². The van der Waals surface area contributed by atoms with Crippen molar-refractivity contribution in [3.63, 3.8) is 0 Å². The lowest BCUT2D eigenvalue weighted by Gasteiger charge is -2.08. The molecule has 1 aromatic heterocycles. The first-order chi connectivity index (χ1) is 8.09. The summed E-state index contributed by atoms with van der Waals surface area (Å²) in [5, 5.41) is 0. The highest BCUT2D eigenvalue weighted by molar-refractivity contribution is 7.89. The van der Waals surface area contributed by atoms with E-state index in [0.717, 1.165) is 12.0 Å². The van der Waals surface area contributed by atoms with Crippen LogP contribution in [-0.4, -0.2) is 26.3 Å². The van der Waals surface area contributed by atoms with Gasteiger partial charge in [0.25, 0.3) is 0 Å². The molecule has 1 aromatic rings. The highest BCUT2D eigenvalue weighted by atomic mass is 32.2. The number of methoxy groups -OCH3 is 1. The summed E-state index contributed by atoms with van der Waals surface area (Å²) in [6.45, 7) is 2.17. The van der Waals surface area contributed by atoms with Crippen molar-refractivity contribution < 1.29 is 13.2 Å². The fraction of sp³-hybridized carbons (Fsp3) is 0.545. The molecule has 96 valence electrons. The minimum atomic E-state index is -3.20. The van der Waals surface area contributed by atoms with Gasteiger partial charge >= 0.3 is 0 Å². The SMILES string of the molecule is CCCCS(=O)(=O)NCc1cccnc1OC. The molecule has 5 nitrogen and oxygen atoms in total. The van der Waals surface area contributed by atoms with Crippen LogP contribution in [0.2, 0.25) is 0 Å². The average molecular weight is 258 g/mol. The average Bonchev–Trinajstić information content (AvgIpc) is 2.34. The summed E-state index contributed by atoms with van der Waals surface area (Å²) in [6, 6.07) is 3.53. The molecule has 0 aliphatic rings. The van der Waals surface area contributed by atoms with Gasteiger partial charge in [0.15, 0.2) is 0 Å². The van der Waals surface area contributed by atoms with E-state index < -0.39 is 10.0 Å². The van der Waals surface area contributed by atoms with Gasteiger partial charge < -0.3 is 4.74 Å². The first kappa shape index (κ1) is 13.9. The van der Waals surface area contributed by atoms with E-state index in [4.69, 9.17) is 4.74 Å². The fourth-order valence-electron chi connectivity index (χ4n) is 1.34. The summed E-state index contributed by atoms with van der Waals surface area (Å²) in [7, 11) is -1.69. The number of ether oxygens (including phenoxy) is 1. The van der Waals surface area contributed by atoms with Gasteiger partial charge in [-0.25, -0.2) is 18.1 Å². The molecule has 0 fully saturated rings. The highest BCUT2D eigenvalue weighted by Gasteiger charge is 2.11. The number of nitrogens with one attached hydrogen (secondary N) is 1. The van der Waals surface area contributed by atoms with Crippen LogP contribution in [0.3, 0.4) is 0 Å². The molecule has 0 aliphatic carbocycles. The second kappa shape index (κ2) is 6.56. The van der Waals surface area contributed by atoms with Gasteiger partial charge in [-0.3, -0.25) is 0 Å². The highest BCUT2D eigenvalue weighted by Crippen LogP contribution is 2.13. The molecular weight excluding hydrogens is 240 g/mol. The van der Waals surface area contributed by atoms with Gasteiger partial charge in [0, 0.05) is 18.3 Å². The molecule has 0 aromatic carbocycles.